The molecule has 1 aromatic carbocycles. The summed E-state index contributed by atoms with van der Waals surface area (Å²) in [5.41, 5.74) is -0.594. The SMILES string of the molecule is O=C1CCN(S(=O)(=O)c2ccc(F)cc2)CC2(CCOC2)N1CC1CC1. The maximum atomic E-state index is 13.2. The average molecular weight is 382 g/mol. The Morgan fingerprint density at radius 3 is 2.58 bits per heavy atom. The van der Waals surface area contributed by atoms with Crippen LogP contribution in [-0.2, 0) is 19.6 Å². The smallest absolute Gasteiger partial charge is 0.243 e. The Kier molecular flexibility index (Phi) is 4.53. The third kappa shape index (κ3) is 3.25. The lowest BCUT2D eigenvalue weighted by atomic mass is 9.95. The van der Waals surface area contributed by atoms with E-state index in [2.05, 4.69) is 0 Å². The van der Waals surface area contributed by atoms with Crippen LogP contribution in [0.25, 0.3) is 0 Å². The fraction of sp³-hybridized carbons (Fsp3) is 0.611. The fourth-order valence-corrected chi connectivity index (χ4v) is 5.38. The van der Waals surface area contributed by atoms with Crippen LogP contribution >= 0.6 is 0 Å². The molecule has 1 unspecified atom stereocenters. The van der Waals surface area contributed by atoms with Crippen molar-refractivity contribution in [2.75, 3.05) is 32.8 Å². The Balaban J connectivity index is 1.65. The summed E-state index contributed by atoms with van der Waals surface area (Å²) in [6.07, 6.45) is 3.05. The lowest BCUT2D eigenvalue weighted by Crippen LogP contribution is -2.57. The first-order chi connectivity index (χ1) is 12.4. The third-order valence-corrected chi connectivity index (χ3v) is 7.45. The molecular formula is C18H23FN2O4S. The largest absolute Gasteiger partial charge is 0.379 e. The molecule has 142 valence electrons. The van der Waals surface area contributed by atoms with Crippen molar-refractivity contribution in [2.45, 2.75) is 36.1 Å². The number of ether oxygens (including phenoxy) is 1. The van der Waals surface area contributed by atoms with E-state index in [1.54, 1.807) is 0 Å². The minimum Gasteiger partial charge on any atom is -0.379 e. The predicted octanol–water partition coefficient (Wildman–Crippen LogP) is 1.62. The van der Waals surface area contributed by atoms with Crippen molar-refractivity contribution < 1.29 is 22.3 Å². The molecule has 0 bridgehead atoms. The second-order valence-corrected chi connectivity index (χ2v) is 9.46. The van der Waals surface area contributed by atoms with Crippen LogP contribution in [0.3, 0.4) is 0 Å². The van der Waals surface area contributed by atoms with Crippen LogP contribution in [0, 0.1) is 11.7 Å². The van der Waals surface area contributed by atoms with Gasteiger partial charge in [0.1, 0.15) is 5.82 Å². The van der Waals surface area contributed by atoms with Crippen LogP contribution in [-0.4, -0.2) is 61.9 Å². The zero-order valence-electron chi connectivity index (χ0n) is 14.6. The molecule has 6 nitrogen and oxygen atoms in total. The number of hydrogen-bond donors (Lipinski definition) is 0. The molecule has 1 spiro atoms. The van der Waals surface area contributed by atoms with E-state index < -0.39 is 21.4 Å². The summed E-state index contributed by atoms with van der Waals surface area (Å²) in [5.74, 6) is 0.0437. The standard InChI is InChI=1S/C18H23FN2O4S/c19-15-3-5-16(6-4-15)26(23,24)20-9-7-17(22)21(11-14-1-2-14)18(12-20)8-10-25-13-18/h3-6,14H,1-2,7-13H2. The Morgan fingerprint density at radius 2 is 1.96 bits per heavy atom. The van der Waals surface area contributed by atoms with Crippen LogP contribution in [0.4, 0.5) is 4.39 Å². The highest BCUT2D eigenvalue weighted by atomic mass is 32.2. The quantitative estimate of drug-likeness (QED) is 0.794. The van der Waals surface area contributed by atoms with Gasteiger partial charge in [0.05, 0.1) is 17.0 Å². The van der Waals surface area contributed by atoms with Crippen molar-refractivity contribution in [1.29, 1.82) is 0 Å². The molecule has 26 heavy (non-hydrogen) atoms. The molecule has 4 rings (SSSR count). The summed E-state index contributed by atoms with van der Waals surface area (Å²) < 4.78 is 46.3. The minimum absolute atomic E-state index is 0.000735. The summed E-state index contributed by atoms with van der Waals surface area (Å²) >= 11 is 0. The Morgan fingerprint density at radius 1 is 1.23 bits per heavy atom. The molecule has 2 heterocycles. The number of nitrogens with zero attached hydrogens (tertiary/aromatic N) is 2. The van der Waals surface area contributed by atoms with Crippen molar-refractivity contribution in [3.05, 3.63) is 30.1 Å². The number of carbonyl (C=O) groups is 1. The summed E-state index contributed by atoms with van der Waals surface area (Å²) in [7, 11) is -3.79. The van der Waals surface area contributed by atoms with Gasteiger partial charge in [-0.3, -0.25) is 4.79 Å². The molecule has 3 aliphatic rings. The number of rotatable bonds is 4. The molecule has 1 amide bonds. The molecule has 3 fully saturated rings. The predicted molar refractivity (Wildman–Crippen MR) is 92.4 cm³/mol. The van der Waals surface area contributed by atoms with E-state index in [9.17, 15) is 17.6 Å². The van der Waals surface area contributed by atoms with Crippen LogP contribution < -0.4 is 0 Å². The van der Waals surface area contributed by atoms with Gasteiger partial charge in [0.25, 0.3) is 0 Å². The second-order valence-electron chi connectivity index (χ2n) is 7.52. The van der Waals surface area contributed by atoms with E-state index in [-0.39, 0.29) is 30.3 Å². The highest BCUT2D eigenvalue weighted by Gasteiger charge is 2.49. The topological polar surface area (TPSA) is 66.9 Å². The van der Waals surface area contributed by atoms with Crippen molar-refractivity contribution in [3.63, 3.8) is 0 Å². The van der Waals surface area contributed by atoms with Crippen molar-refractivity contribution in [3.8, 4) is 0 Å². The minimum atomic E-state index is -3.79. The van der Waals surface area contributed by atoms with Crippen LogP contribution in [0.1, 0.15) is 25.7 Å². The van der Waals surface area contributed by atoms with Crippen molar-refractivity contribution in [1.82, 2.24) is 9.21 Å². The first-order valence-electron chi connectivity index (χ1n) is 9.05. The van der Waals surface area contributed by atoms with Gasteiger partial charge in [-0.2, -0.15) is 4.31 Å². The number of sulfonamides is 1. The van der Waals surface area contributed by atoms with E-state index in [1.807, 2.05) is 4.90 Å². The van der Waals surface area contributed by atoms with Gasteiger partial charge in [-0.1, -0.05) is 0 Å². The van der Waals surface area contributed by atoms with Crippen LogP contribution in [0.15, 0.2) is 29.2 Å². The molecule has 1 aliphatic carbocycles. The monoisotopic (exact) mass is 382 g/mol. The third-order valence-electron chi connectivity index (χ3n) is 5.59. The fourth-order valence-electron chi connectivity index (χ4n) is 3.86. The molecule has 1 atom stereocenters. The van der Waals surface area contributed by atoms with Gasteiger partial charge in [0.15, 0.2) is 0 Å². The summed E-state index contributed by atoms with van der Waals surface area (Å²) in [6, 6.07) is 4.84. The first-order valence-corrected chi connectivity index (χ1v) is 10.5. The number of amides is 1. The van der Waals surface area contributed by atoms with Gasteiger partial charge in [0, 0.05) is 32.7 Å². The lowest BCUT2D eigenvalue weighted by Gasteiger charge is -2.40. The van der Waals surface area contributed by atoms with E-state index in [4.69, 9.17) is 4.74 Å². The Labute approximate surface area is 153 Å². The van der Waals surface area contributed by atoms with Crippen molar-refractivity contribution >= 4 is 15.9 Å². The summed E-state index contributed by atoms with van der Waals surface area (Å²) in [5, 5.41) is 0. The molecule has 1 aromatic rings. The van der Waals surface area contributed by atoms with E-state index in [0.29, 0.717) is 32.1 Å². The molecular weight excluding hydrogens is 359 g/mol. The Hall–Kier alpha value is -1.51. The molecule has 1 saturated carbocycles. The van der Waals surface area contributed by atoms with E-state index in [0.717, 1.165) is 25.0 Å². The molecule has 2 saturated heterocycles. The first kappa shape index (κ1) is 17.9. The number of halogens is 1. The molecule has 8 heteroatoms. The summed E-state index contributed by atoms with van der Waals surface area (Å²) in [4.78, 5) is 14.7. The molecule has 2 aliphatic heterocycles. The van der Waals surface area contributed by atoms with Gasteiger partial charge in [0.2, 0.25) is 15.9 Å². The van der Waals surface area contributed by atoms with Gasteiger partial charge in [-0.25, -0.2) is 12.8 Å². The second kappa shape index (κ2) is 6.58. The highest BCUT2D eigenvalue weighted by Crippen LogP contribution is 2.37. The van der Waals surface area contributed by atoms with Crippen LogP contribution in [0.5, 0.6) is 0 Å². The molecule has 0 aromatic heterocycles. The number of benzene rings is 1. The number of carbonyl (C=O) groups excluding carboxylic acids is 1. The zero-order chi connectivity index (χ0) is 18.4. The maximum absolute atomic E-state index is 13.2. The van der Waals surface area contributed by atoms with Gasteiger partial charge in [-0.05, 0) is 49.4 Å². The highest BCUT2D eigenvalue weighted by molar-refractivity contribution is 7.89. The molecule has 0 radical (unpaired) electrons. The molecule has 0 N–H and O–H groups in total. The van der Waals surface area contributed by atoms with E-state index >= 15 is 0 Å². The van der Waals surface area contributed by atoms with Gasteiger partial charge < -0.3 is 9.64 Å². The van der Waals surface area contributed by atoms with Crippen LogP contribution in [0.2, 0.25) is 0 Å². The van der Waals surface area contributed by atoms with E-state index in [1.165, 1.54) is 16.4 Å². The summed E-state index contributed by atoms with van der Waals surface area (Å²) in [6.45, 7) is 1.94. The zero-order valence-corrected chi connectivity index (χ0v) is 15.4. The normalized spacial score (nSPS) is 27.9. The van der Waals surface area contributed by atoms with Gasteiger partial charge >= 0.3 is 0 Å². The lowest BCUT2D eigenvalue weighted by molar-refractivity contribution is -0.136. The van der Waals surface area contributed by atoms with Gasteiger partial charge in [-0.15, -0.1) is 0 Å². The number of hydrogen-bond acceptors (Lipinski definition) is 4. The van der Waals surface area contributed by atoms with Crippen molar-refractivity contribution in [2.24, 2.45) is 5.92 Å². The average Bonchev–Trinajstić information content (AvgIpc) is 3.34. The maximum Gasteiger partial charge on any atom is 0.243 e. The Bertz CT molecular complexity index is 786.